The summed E-state index contributed by atoms with van der Waals surface area (Å²) in [5.74, 6) is 1.80. The van der Waals surface area contributed by atoms with E-state index in [1.54, 1.807) is 7.11 Å². The van der Waals surface area contributed by atoms with E-state index < -0.39 is 0 Å². The number of nitrogens with one attached hydrogen (secondary N) is 1. The minimum Gasteiger partial charge on any atom is -0.497 e. The minimum absolute atomic E-state index is 0.883. The molecule has 0 amide bonds. The van der Waals surface area contributed by atoms with Gasteiger partial charge in [0.2, 0.25) is 0 Å². The lowest BCUT2D eigenvalue weighted by Gasteiger charge is -2.17. The zero-order valence-corrected chi connectivity index (χ0v) is 12.3. The van der Waals surface area contributed by atoms with Crippen LogP contribution in [0.1, 0.15) is 11.1 Å². The van der Waals surface area contributed by atoms with Gasteiger partial charge in [0, 0.05) is 26.3 Å². The molecule has 0 atom stereocenters. The van der Waals surface area contributed by atoms with Crippen molar-refractivity contribution in [1.82, 2.24) is 9.88 Å². The number of nitrogens with zero attached hydrogens (tertiary/aromatic N) is 2. The first kappa shape index (κ1) is 14.3. The van der Waals surface area contributed by atoms with Gasteiger partial charge in [-0.05, 0) is 42.4 Å². The number of anilines is 1. The zero-order chi connectivity index (χ0) is 14.4. The number of methoxy groups -OCH3 is 1. The summed E-state index contributed by atoms with van der Waals surface area (Å²) in [6.07, 6.45) is 1.83. The fourth-order valence-corrected chi connectivity index (χ4v) is 2.16. The highest BCUT2D eigenvalue weighted by molar-refractivity contribution is 5.36. The van der Waals surface area contributed by atoms with Crippen molar-refractivity contribution in [2.75, 3.05) is 26.5 Å². The van der Waals surface area contributed by atoms with Crippen LogP contribution in [0.5, 0.6) is 5.75 Å². The van der Waals surface area contributed by atoms with Crippen LogP contribution in [0.25, 0.3) is 0 Å². The molecular weight excluding hydrogens is 250 g/mol. The molecule has 20 heavy (non-hydrogen) atoms. The molecule has 0 saturated carbocycles. The first-order valence-corrected chi connectivity index (χ1v) is 6.65. The van der Waals surface area contributed by atoms with E-state index in [9.17, 15) is 0 Å². The number of hydrogen-bond acceptors (Lipinski definition) is 4. The second kappa shape index (κ2) is 6.91. The van der Waals surface area contributed by atoms with Gasteiger partial charge < -0.3 is 10.1 Å². The van der Waals surface area contributed by atoms with Gasteiger partial charge in [-0.25, -0.2) is 4.98 Å². The lowest BCUT2D eigenvalue weighted by molar-refractivity contribution is 0.318. The van der Waals surface area contributed by atoms with Crippen LogP contribution in [0.4, 0.5) is 5.82 Å². The third-order valence-corrected chi connectivity index (χ3v) is 3.12. The van der Waals surface area contributed by atoms with E-state index in [2.05, 4.69) is 40.4 Å². The van der Waals surface area contributed by atoms with E-state index in [0.29, 0.717) is 0 Å². The van der Waals surface area contributed by atoms with Crippen LogP contribution in [0.2, 0.25) is 0 Å². The number of rotatable bonds is 6. The third-order valence-electron chi connectivity index (χ3n) is 3.12. The molecule has 1 aromatic carbocycles. The van der Waals surface area contributed by atoms with Gasteiger partial charge in [-0.2, -0.15) is 0 Å². The first-order chi connectivity index (χ1) is 9.71. The van der Waals surface area contributed by atoms with E-state index in [1.807, 2.05) is 31.4 Å². The van der Waals surface area contributed by atoms with E-state index in [1.165, 1.54) is 11.1 Å². The van der Waals surface area contributed by atoms with Crippen molar-refractivity contribution in [1.29, 1.82) is 0 Å². The quantitative estimate of drug-likeness (QED) is 0.876. The Bertz CT molecular complexity index is 507. The summed E-state index contributed by atoms with van der Waals surface area (Å²) in [7, 11) is 5.68. The Kier molecular flexibility index (Phi) is 4.96. The van der Waals surface area contributed by atoms with E-state index in [0.717, 1.165) is 24.7 Å². The van der Waals surface area contributed by atoms with Crippen molar-refractivity contribution in [3.63, 3.8) is 0 Å². The Balaban J connectivity index is 1.99. The van der Waals surface area contributed by atoms with Crippen LogP contribution in [-0.2, 0) is 13.1 Å². The van der Waals surface area contributed by atoms with Crippen molar-refractivity contribution < 1.29 is 4.74 Å². The van der Waals surface area contributed by atoms with Crippen LogP contribution >= 0.6 is 0 Å². The number of benzene rings is 1. The Morgan fingerprint density at radius 3 is 2.60 bits per heavy atom. The smallest absolute Gasteiger partial charge is 0.125 e. The van der Waals surface area contributed by atoms with E-state index in [4.69, 9.17) is 4.74 Å². The summed E-state index contributed by atoms with van der Waals surface area (Å²) in [5, 5.41) is 3.06. The van der Waals surface area contributed by atoms with Crippen molar-refractivity contribution >= 4 is 5.82 Å². The summed E-state index contributed by atoms with van der Waals surface area (Å²) in [5.41, 5.74) is 2.49. The molecule has 0 unspecified atom stereocenters. The largest absolute Gasteiger partial charge is 0.497 e. The Morgan fingerprint density at radius 1 is 1.15 bits per heavy atom. The SMILES string of the molecule is CNc1cc(CN(C)Cc2cccc(OC)c2)ccn1. The van der Waals surface area contributed by atoms with Gasteiger partial charge >= 0.3 is 0 Å². The molecule has 0 bridgehead atoms. The zero-order valence-electron chi connectivity index (χ0n) is 12.3. The minimum atomic E-state index is 0.883. The Hall–Kier alpha value is -2.07. The normalized spacial score (nSPS) is 10.6. The monoisotopic (exact) mass is 271 g/mol. The maximum Gasteiger partial charge on any atom is 0.125 e. The van der Waals surface area contributed by atoms with Crippen LogP contribution in [-0.4, -0.2) is 31.1 Å². The molecule has 106 valence electrons. The predicted molar refractivity (Wildman–Crippen MR) is 81.9 cm³/mol. The standard InChI is InChI=1S/C16H21N3O/c1-17-16-10-14(7-8-18-16)12-19(2)11-13-5-4-6-15(9-13)20-3/h4-10H,11-12H2,1-3H3,(H,17,18). The highest BCUT2D eigenvalue weighted by atomic mass is 16.5. The van der Waals surface area contributed by atoms with Crippen LogP contribution in [0, 0.1) is 0 Å². The Labute approximate surface area is 120 Å². The first-order valence-electron chi connectivity index (χ1n) is 6.65. The predicted octanol–water partition coefficient (Wildman–Crippen LogP) is 2.76. The molecule has 4 heteroatoms. The number of hydrogen-bond donors (Lipinski definition) is 1. The van der Waals surface area contributed by atoms with Crippen LogP contribution < -0.4 is 10.1 Å². The van der Waals surface area contributed by atoms with Gasteiger partial charge in [-0.1, -0.05) is 12.1 Å². The van der Waals surface area contributed by atoms with Crippen molar-refractivity contribution in [3.05, 3.63) is 53.7 Å². The fraction of sp³-hybridized carbons (Fsp3) is 0.312. The molecule has 1 N–H and O–H groups in total. The Morgan fingerprint density at radius 2 is 1.90 bits per heavy atom. The number of pyridine rings is 1. The molecule has 0 radical (unpaired) electrons. The average Bonchev–Trinajstić information content (AvgIpc) is 2.47. The van der Waals surface area contributed by atoms with Gasteiger partial charge in [0.05, 0.1) is 7.11 Å². The molecule has 0 spiro atoms. The molecule has 4 nitrogen and oxygen atoms in total. The summed E-state index contributed by atoms with van der Waals surface area (Å²) in [6, 6.07) is 12.3. The third kappa shape index (κ3) is 3.96. The van der Waals surface area contributed by atoms with E-state index in [-0.39, 0.29) is 0 Å². The van der Waals surface area contributed by atoms with Gasteiger partial charge in [0.25, 0.3) is 0 Å². The molecule has 0 aliphatic carbocycles. The van der Waals surface area contributed by atoms with E-state index >= 15 is 0 Å². The highest BCUT2D eigenvalue weighted by Crippen LogP contribution is 2.15. The summed E-state index contributed by atoms with van der Waals surface area (Å²) >= 11 is 0. The van der Waals surface area contributed by atoms with Crippen LogP contribution in [0.15, 0.2) is 42.6 Å². The molecule has 2 aromatic rings. The molecule has 2 rings (SSSR count). The lowest BCUT2D eigenvalue weighted by Crippen LogP contribution is -2.17. The average molecular weight is 271 g/mol. The van der Waals surface area contributed by atoms with Gasteiger partial charge in [-0.15, -0.1) is 0 Å². The maximum atomic E-state index is 5.25. The molecule has 1 aromatic heterocycles. The van der Waals surface area contributed by atoms with Gasteiger partial charge in [0.15, 0.2) is 0 Å². The molecular formula is C16H21N3O. The maximum absolute atomic E-state index is 5.25. The summed E-state index contributed by atoms with van der Waals surface area (Å²) in [6.45, 7) is 1.77. The summed E-state index contributed by atoms with van der Waals surface area (Å²) in [4.78, 5) is 6.49. The molecule has 0 aliphatic rings. The second-order valence-electron chi connectivity index (χ2n) is 4.82. The molecule has 0 fully saturated rings. The fourth-order valence-electron chi connectivity index (χ4n) is 2.16. The van der Waals surface area contributed by atoms with Crippen molar-refractivity contribution in [2.24, 2.45) is 0 Å². The molecule has 1 heterocycles. The number of aromatic nitrogens is 1. The number of ether oxygens (including phenoxy) is 1. The topological polar surface area (TPSA) is 37.4 Å². The van der Waals surface area contributed by atoms with Gasteiger partial charge in [-0.3, -0.25) is 4.90 Å². The van der Waals surface area contributed by atoms with Gasteiger partial charge in [0.1, 0.15) is 11.6 Å². The molecule has 0 saturated heterocycles. The second-order valence-corrected chi connectivity index (χ2v) is 4.82. The van der Waals surface area contributed by atoms with Crippen molar-refractivity contribution in [3.8, 4) is 5.75 Å². The summed E-state index contributed by atoms with van der Waals surface area (Å²) < 4.78 is 5.25. The highest BCUT2D eigenvalue weighted by Gasteiger charge is 2.04. The molecule has 0 aliphatic heterocycles. The van der Waals surface area contributed by atoms with Crippen molar-refractivity contribution in [2.45, 2.75) is 13.1 Å². The lowest BCUT2D eigenvalue weighted by atomic mass is 10.2. The van der Waals surface area contributed by atoms with Crippen LogP contribution in [0.3, 0.4) is 0 Å².